The molecule has 1 N–H and O–H groups in total. The number of sulfone groups is 1. The number of aromatic nitrogens is 3. The molecule has 0 atom stereocenters. The maximum Gasteiger partial charge on any atom is 0.274 e. The van der Waals surface area contributed by atoms with Gasteiger partial charge in [0, 0.05) is 18.7 Å². The van der Waals surface area contributed by atoms with Crippen LogP contribution in [0, 0.1) is 0 Å². The van der Waals surface area contributed by atoms with Crippen molar-refractivity contribution in [3.05, 3.63) is 71.5 Å². The van der Waals surface area contributed by atoms with Gasteiger partial charge in [0.1, 0.15) is 5.52 Å². The van der Waals surface area contributed by atoms with E-state index in [0.29, 0.717) is 22.5 Å². The lowest BCUT2D eigenvalue weighted by atomic mass is 10.3. The molecule has 0 unspecified atom stereocenters. The third kappa shape index (κ3) is 2.56. The average Bonchev–Trinajstić information content (AvgIpc) is 2.84. The van der Waals surface area contributed by atoms with E-state index in [1.807, 2.05) is 36.7 Å². The van der Waals surface area contributed by atoms with Crippen molar-refractivity contribution in [1.82, 2.24) is 14.4 Å². The zero-order valence-corrected chi connectivity index (χ0v) is 14.1. The van der Waals surface area contributed by atoms with E-state index in [1.54, 1.807) is 21.4 Å². The summed E-state index contributed by atoms with van der Waals surface area (Å²) in [4.78, 5) is 21.4. The smallest absolute Gasteiger partial charge is 0.274 e. The number of rotatable bonds is 2. The first-order valence-electron chi connectivity index (χ1n) is 7.49. The van der Waals surface area contributed by atoms with Gasteiger partial charge in [-0.05, 0) is 30.4 Å². The number of allylic oxidation sites excluding steroid dienone is 4. The Hall–Kier alpha value is -3.13. The third-order valence-electron chi connectivity index (χ3n) is 3.92. The van der Waals surface area contributed by atoms with Gasteiger partial charge < -0.3 is 4.98 Å². The van der Waals surface area contributed by atoms with Crippen LogP contribution in [0.2, 0.25) is 0 Å². The molecule has 8 heteroatoms. The predicted molar refractivity (Wildman–Crippen MR) is 96.3 cm³/mol. The molecule has 2 aromatic heterocycles. The second kappa shape index (κ2) is 5.45. The fraction of sp³-hybridized carbons (Fsp3) is 0.0588. The maximum absolute atomic E-state index is 12.3. The number of benzene rings is 1. The van der Waals surface area contributed by atoms with Crippen molar-refractivity contribution < 1.29 is 8.42 Å². The van der Waals surface area contributed by atoms with Crippen molar-refractivity contribution in [2.24, 2.45) is 0 Å². The van der Waals surface area contributed by atoms with Crippen LogP contribution in [-0.4, -0.2) is 29.0 Å². The number of hydrogen-bond donors (Lipinski definition) is 1. The third-order valence-corrected chi connectivity index (χ3v) is 5.03. The van der Waals surface area contributed by atoms with Crippen LogP contribution in [0.25, 0.3) is 16.6 Å². The van der Waals surface area contributed by atoms with Gasteiger partial charge in [0.05, 0.1) is 22.1 Å². The van der Waals surface area contributed by atoms with Crippen LogP contribution in [0.4, 0.5) is 5.95 Å². The van der Waals surface area contributed by atoms with Crippen molar-refractivity contribution in [3.63, 3.8) is 0 Å². The molecule has 0 amide bonds. The molecule has 0 saturated heterocycles. The molecule has 126 valence electrons. The summed E-state index contributed by atoms with van der Waals surface area (Å²) in [5, 5.41) is 0. The lowest BCUT2D eigenvalue weighted by molar-refractivity contribution is 0.602. The van der Waals surface area contributed by atoms with Crippen LogP contribution in [0.15, 0.2) is 70.8 Å². The minimum absolute atomic E-state index is 0.177. The summed E-state index contributed by atoms with van der Waals surface area (Å²) in [6, 6.07) is 4.61. The summed E-state index contributed by atoms with van der Waals surface area (Å²) >= 11 is 0. The van der Waals surface area contributed by atoms with E-state index >= 15 is 0 Å². The Morgan fingerprint density at radius 1 is 1.04 bits per heavy atom. The van der Waals surface area contributed by atoms with Gasteiger partial charge in [-0.25, -0.2) is 13.4 Å². The Bertz CT molecular complexity index is 1230. The summed E-state index contributed by atoms with van der Waals surface area (Å²) in [5.41, 5.74) is 1.14. The van der Waals surface area contributed by atoms with Gasteiger partial charge in [-0.1, -0.05) is 12.2 Å². The fourth-order valence-corrected chi connectivity index (χ4v) is 3.38. The Morgan fingerprint density at radius 3 is 2.44 bits per heavy atom. The van der Waals surface area contributed by atoms with Crippen LogP contribution in [0.3, 0.4) is 0 Å². The molecule has 7 nitrogen and oxygen atoms in total. The van der Waals surface area contributed by atoms with Crippen LogP contribution in [0.1, 0.15) is 0 Å². The molecule has 0 saturated carbocycles. The van der Waals surface area contributed by atoms with Gasteiger partial charge in [0.25, 0.3) is 5.56 Å². The lowest BCUT2D eigenvalue weighted by Crippen LogP contribution is -2.15. The number of nitrogens with zero attached hydrogens (tertiary/aromatic N) is 3. The number of anilines is 1. The molecule has 3 heterocycles. The van der Waals surface area contributed by atoms with E-state index in [9.17, 15) is 13.2 Å². The topological polar surface area (TPSA) is 87.5 Å². The van der Waals surface area contributed by atoms with Gasteiger partial charge in [0.15, 0.2) is 9.84 Å². The van der Waals surface area contributed by atoms with Gasteiger partial charge in [-0.3, -0.25) is 14.1 Å². The fourth-order valence-electron chi connectivity index (χ4n) is 2.74. The number of nitrogens with one attached hydrogen (secondary N) is 1. The Kier molecular flexibility index (Phi) is 3.36. The van der Waals surface area contributed by atoms with Crippen molar-refractivity contribution in [1.29, 1.82) is 0 Å². The number of imidazole rings is 1. The molecular weight excluding hydrogens is 340 g/mol. The highest BCUT2D eigenvalue weighted by atomic mass is 32.2. The molecule has 1 aliphatic heterocycles. The highest BCUT2D eigenvalue weighted by Crippen LogP contribution is 2.23. The molecule has 0 bridgehead atoms. The van der Waals surface area contributed by atoms with E-state index in [1.165, 1.54) is 12.3 Å². The molecule has 3 aromatic rings. The monoisotopic (exact) mass is 354 g/mol. The van der Waals surface area contributed by atoms with Crippen LogP contribution in [-0.2, 0) is 9.84 Å². The first kappa shape index (κ1) is 15.4. The number of fused-ring (bicyclic) bond motifs is 3. The highest BCUT2D eigenvalue weighted by molar-refractivity contribution is 7.90. The molecule has 0 radical (unpaired) electrons. The molecule has 1 aliphatic rings. The molecule has 0 spiro atoms. The van der Waals surface area contributed by atoms with Crippen molar-refractivity contribution in [2.45, 2.75) is 4.90 Å². The summed E-state index contributed by atoms with van der Waals surface area (Å²) in [7, 11) is -3.38. The first-order valence-corrected chi connectivity index (χ1v) is 9.38. The summed E-state index contributed by atoms with van der Waals surface area (Å²) in [6.07, 6.45) is 13.7. The minimum atomic E-state index is -3.38. The average molecular weight is 354 g/mol. The van der Waals surface area contributed by atoms with Crippen LogP contribution < -0.4 is 10.5 Å². The zero-order chi connectivity index (χ0) is 17.6. The standard InChI is InChI=1S/C17H14N4O3S/c1-25(23,24)12-6-7-13-14(10-12)21-15(16(22)19-13)11-18-17(21)20-8-4-2-3-5-9-20/h2-11H,1H3,(H,19,22). The summed E-state index contributed by atoms with van der Waals surface area (Å²) in [5.74, 6) is 0.493. The maximum atomic E-state index is 12.3. The highest BCUT2D eigenvalue weighted by Gasteiger charge is 2.16. The Morgan fingerprint density at radius 2 is 1.76 bits per heavy atom. The molecule has 0 aliphatic carbocycles. The van der Waals surface area contributed by atoms with Crippen LogP contribution in [0.5, 0.6) is 0 Å². The van der Waals surface area contributed by atoms with Crippen molar-refractivity contribution in [3.8, 4) is 0 Å². The van der Waals surface area contributed by atoms with Gasteiger partial charge in [-0.2, -0.15) is 0 Å². The number of aromatic amines is 1. The van der Waals surface area contributed by atoms with Gasteiger partial charge in [-0.15, -0.1) is 0 Å². The zero-order valence-electron chi connectivity index (χ0n) is 13.2. The van der Waals surface area contributed by atoms with Crippen molar-refractivity contribution in [2.75, 3.05) is 11.2 Å². The molecule has 1 aromatic carbocycles. The quantitative estimate of drug-likeness (QED) is 0.760. The van der Waals surface area contributed by atoms with E-state index in [4.69, 9.17) is 0 Å². The largest absolute Gasteiger partial charge is 0.319 e. The molecule has 0 fully saturated rings. The van der Waals surface area contributed by atoms with Crippen molar-refractivity contribution >= 4 is 32.3 Å². The normalized spacial score (nSPS) is 14.5. The summed E-state index contributed by atoms with van der Waals surface area (Å²) in [6.45, 7) is 0. The molecular formula is C17H14N4O3S. The Balaban J connectivity index is 2.10. The minimum Gasteiger partial charge on any atom is -0.319 e. The van der Waals surface area contributed by atoms with E-state index < -0.39 is 9.84 Å². The van der Waals surface area contributed by atoms with Gasteiger partial charge in [0.2, 0.25) is 5.95 Å². The lowest BCUT2D eigenvalue weighted by Gasteiger charge is -2.14. The molecule has 4 rings (SSSR count). The van der Waals surface area contributed by atoms with E-state index in [0.717, 1.165) is 6.26 Å². The molecule has 25 heavy (non-hydrogen) atoms. The SMILES string of the molecule is CS(=O)(=O)c1ccc2[nH]c(=O)c3cnc(N4C=CC=CC=C4)n3c2c1. The second-order valence-corrected chi connectivity index (χ2v) is 7.68. The van der Waals surface area contributed by atoms with E-state index in [2.05, 4.69) is 9.97 Å². The Labute approximate surface area is 143 Å². The van der Waals surface area contributed by atoms with Gasteiger partial charge >= 0.3 is 0 Å². The van der Waals surface area contributed by atoms with Crippen LogP contribution >= 0.6 is 0 Å². The first-order chi connectivity index (χ1) is 11.9. The summed E-state index contributed by atoms with van der Waals surface area (Å²) < 4.78 is 25.5. The number of H-pyrrole nitrogens is 1. The number of hydrogen-bond acceptors (Lipinski definition) is 5. The predicted octanol–water partition coefficient (Wildman–Crippen LogP) is 1.98. The van der Waals surface area contributed by atoms with E-state index in [-0.39, 0.29) is 10.5 Å². The second-order valence-electron chi connectivity index (χ2n) is 5.66.